The molecule has 0 saturated carbocycles. The van der Waals surface area contributed by atoms with Crippen LogP contribution < -0.4 is 11.1 Å². The summed E-state index contributed by atoms with van der Waals surface area (Å²) >= 11 is 5.92. The molecule has 8 nitrogen and oxygen atoms in total. The van der Waals surface area contributed by atoms with Crippen molar-refractivity contribution in [1.82, 2.24) is 24.8 Å². The summed E-state index contributed by atoms with van der Waals surface area (Å²) in [5, 5.41) is 3.78. The third-order valence-electron chi connectivity index (χ3n) is 5.31. The van der Waals surface area contributed by atoms with Gasteiger partial charge in [-0.1, -0.05) is 29.8 Å². The van der Waals surface area contributed by atoms with E-state index in [1.54, 1.807) is 24.3 Å². The Balaban J connectivity index is 1.41. The molecule has 0 spiro atoms. The fourth-order valence-electron chi connectivity index (χ4n) is 3.55. The van der Waals surface area contributed by atoms with Crippen molar-refractivity contribution in [1.29, 1.82) is 0 Å². The van der Waals surface area contributed by atoms with Gasteiger partial charge in [0.2, 0.25) is 11.9 Å². The van der Waals surface area contributed by atoms with Gasteiger partial charge < -0.3 is 16.0 Å². The Labute approximate surface area is 186 Å². The van der Waals surface area contributed by atoms with Gasteiger partial charge in [-0.2, -0.15) is 15.0 Å². The molecule has 1 atom stereocenters. The lowest BCUT2D eigenvalue weighted by Crippen LogP contribution is -2.49. The number of amides is 1. The molecule has 9 heteroatoms. The van der Waals surface area contributed by atoms with Crippen LogP contribution in [0.5, 0.6) is 0 Å². The predicted octanol–water partition coefficient (Wildman–Crippen LogP) is 3.37. The number of para-hydroxylation sites is 1. The van der Waals surface area contributed by atoms with Gasteiger partial charge in [0, 0.05) is 42.5 Å². The molecular formula is C22H24ClN7O. The summed E-state index contributed by atoms with van der Waals surface area (Å²) in [5.74, 6) is 1.20. The van der Waals surface area contributed by atoms with Gasteiger partial charge in [-0.25, -0.2) is 0 Å². The molecule has 160 valence electrons. The Morgan fingerprint density at radius 1 is 1.00 bits per heavy atom. The molecule has 0 radical (unpaired) electrons. The molecule has 31 heavy (non-hydrogen) atoms. The SMILES string of the molecule is CC(c1nc(N)nc(Nc2ccccc2)n1)N1CCN(C(=O)c2ccc(Cl)cc2)CC1. The number of halogens is 1. The Kier molecular flexibility index (Phi) is 6.29. The number of nitrogens with zero attached hydrogens (tertiary/aromatic N) is 5. The normalized spacial score (nSPS) is 15.5. The molecule has 1 aromatic heterocycles. The summed E-state index contributed by atoms with van der Waals surface area (Å²) in [6.07, 6.45) is 0. The number of carbonyl (C=O) groups is 1. The van der Waals surface area contributed by atoms with Gasteiger partial charge >= 0.3 is 0 Å². The highest BCUT2D eigenvalue weighted by Crippen LogP contribution is 2.22. The highest BCUT2D eigenvalue weighted by atomic mass is 35.5. The molecule has 1 amide bonds. The maximum atomic E-state index is 12.7. The third kappa shape index (κ3) is 5.10. The lowest BCUT2D eigenvalue weighted by Gasteiger charge is -2.37. The van der Waals surface area contributed by atoms with Crippen LogP contribution in [0.3, 0.4) is 0 Å². The van der Waals surface area contributed by atoms with Crippen LogP contribution in [0.1, 0.15) is 29.1 Å². The second-order valence-corrected chi connectivity index (χ2v) is 7.81. The van der Waals surface area contributed by atoms with Crippen molar-refractivity contribution < 1.29 is 4.79 Å². The number of nitrogens with one attached hydrogen (secondary N) is 1. The minimum atomic E-state index is -0.0607. The Hall–Kier alpha value is -3.23. The number of nitrogen functional groups attached to an aromatic ring is 1. The molecule has 0 aliphatic carbocycles. The maximum absolute atomic E-state index is 12.7. The monoisotopic (exact) mass is 437 g/mol. The van der Waals surface area contributed by atoms with E-state index in [-0.39, 0.29) is 17.9 Å². The van der Waals surface area contributed by atoms with Gasteiger partial charge in [-0.05, 0) is 43.3 Å². The molecule has 1 fully saturated rings. The quantitative estimate of drug-likeness (QED) is 0.631. The Bertz CT molecular complexity index is 1040. The molecule has 1 unspecified atom stereocenters. The summed E-state index contributed by atoms with van der Waals surface area (Å²) in [4.78, 5) is 29.9. The van der Waals surface area contributed by atoms with E-state index in [4.69, 9.17) is 17.3 Å². The molecule has 0 bridgehead atoms. The molecule has 1 aliphatic rings. The topological polar surface area (TPSA) is 100 Å². The lowest BCUT2D eigenvalue weighted by molar-refractivity contribution is 0.0575. The van der Waals surface area contributed by atoms with Crippen LogP contribution >= 0.6 is 11.6 Å². The number of anilines is 3. The van der Waals surface area contributed by atoms with Crippen LogP contribution in [0.25, 0.3) is 0 Å². The van der Waals surface area contributed by atoms with E-state index in [9.17, 15) is 4.79 Å². The average molecular weight is 438 g/mol. The summed E-state index contributed by atoms with van der Waals surface area (Å²) in [7, 11) is 0. The van der Waals surface area contributed by atoms with Gasteiger partial charge in [0.25, 0.3) is 5.91 Å². The minimum Gasteiger partial charge on any atom is -0.368 e. The van der Waals surface area contributed by atoms with E-state index in [0.29, 0.717) is 48.5 Å². The van der Waals surface area contributed by atoms with E-state index in [2.05, 4.69) is 25.2 Å². The second kappa shape index (κ2) is 9.28. The molecule has 3 N–H and O–H groups in total. The molecule has 3 aromatic rings. The first kappa shape index (κ1) is 21.0. The van der Waals surface area contributed by atoms with Crippen molar-refractivity contribution in [2.45, 2.75) is 13.0 Å². The summed E-state index contributed by atoms with van der Waals surface area (Å²) < 4.78 is 0. The number of aromatic nitrogens is 3. The van der Waals surface area contributed by atoms with Crippen molar-refractivity contribution in [2.24, 2.45) is 0 Å². The van der Waals surface area contributed by atoms with Crippen molar-refractivity contribution >= 4 is 35.1 Å². The van der Waals surface area contributed by atoms with Gasteiger partial charge in [0.05, 0.1) is 6.04 Å². The Morgan fingerprint density at radius 3 is 2.35 bits per heavy atom. The zero-order valence-electron chi connectivity index (χ0n) is 17.2. The predicted molar refractivity (Wildman–Crippen MR) is 121 cm³/mol. The highest BCUT2D eigenvalue weighted by Gasteiger charge is 2.27. The summed E-state index contributed by atoms with van der Waals surface area (Å²) in [5.41, 5.74) is 7.46. The van der Waals surface area contributed by atoms with Gasteiger partial charge in [-0.15, -0.1) is 0 Å². The van der Waals surface area contributed by atoms with Crippen LogP contribution in [0.15, 0.2) is 54.6 Å². The molecule has 1 aliphatic heterocycles. The van der Waals surface area contributed by atoms with Crippen LogP contribution in [0, 0.1) is 0 Å². The minimum absolute atomic E-state index is 0.0164. The number of benzene rings is 2. The third-order valence-corrected chi connectivity index (χ3v) is 5.57. The van der Waals surface area contributed by atoms with Crippen molar-refractivity contribution in [2.75, 3.05) is 37.2 Å². The van der Waals surface area contributed by atoms with E-state index < -0.39 is 0 Å². The van der Waals surface area contributed by atoms with E-state index in [1.165, 1.54) is 0 Å². The number of rotatable bonds is 5. The number of hydrogen-bond acceptors (Lipinski definition) is 7. The van der Waals surface area contributed by atoms with Crippen LogP contribution in [-0.2, 0) is 0 Å². The fourth-order valence-corrected chi connectivity index (χ4v) is 3.68. The van der Waals surface area contributed by atoms with Crippen LogP contribution in [0.4, 0.5) is 17.6 Å². The number of piperazine rings is 1. The standard InChI is InChI=1S/C22H24ClN7O/c1-15(19-26-21(24)28-22(27-19)25-18-5-3-2-4-6-18)29-11-13-30(14-12-29)20(31)16-7-9-17(23)10-8-16/h2-10,15H,11-14H2,1H3,(H3,24,25,26,27,28). The smallest absolute Gasteiger partial charge is 0.253 e. The van der Waals surface area contributed by atoms with E-state index in [0.717, 1.165) is 5.69 Å². The molecule has 2 aromatic carbocycles. The van der Waals surface area contributed by atoms with Crippen molar-refractivity contribution in [3.63, 3.8) is 0 Å². The largest absolute Gasteiger partial charge is 0.368 e. The molecule has 1 saturated heterocycles. The second-order valence-electron chi connectivity index (χ2n) is 7.38. The van der Waals surface area contributed by atoms with E-state index in [1.807, 2.05) is 42.2 Å². The first-order valence-corrected chi connectivity index (χ1v) is 10.5. The van der Waals surface area contributed by atoms with Crippen LogP contribution in [0.2, 0.25) is 5.02 Å². The van der Waals surface area contributed by atoms with Crippen molar-refractivity contribution in [3.05, 3.63) is 71.0 Å². The molecule has 2 heterocycles. The lowest BCUT2D eigenvalue weighted by atomic mass is 10.1. The first-order chi connectivity index (χ1) is 15.0. The zero-order valence-corrected chi connectivity index (χ0v) is 18.0. The maximum Gasteiger partial charge on any atom is 0.253 e. The number of hydrogen-bond donors (Lipinski definition) is 2. The zero-order chi connectivity index (χ0) is 21.8. The number of nitrogens with two attached hydrogens (primary N) is 1. The van der Waals surface area contributed by atoms with Gasteiger partial charge in [0.15, 0.2) is 5.82 Å². The van der Waals surface area contributed by atoms with Crippen LogP contribution in [-0.4, -0.2) is 56.8 Å². The highest BCUT2D eigenvalue weighted by molar-refractivity contribution is 6.30. The van der Waals surface area contributed by atoms with Gasteiger partial charge in [0.1, 0.15) is 0 Å². The molecule has 4 rings (SSSR count). The summed E-state index contributed by atoms with van der Waals surface area (Å²) in [6.45, 7) is 4.72. The molecular weight excluding hydrogens is 414 g/mol. The van der Waals surface area contributed by atoms with E-state index >= 15 is 0 Å². The van der Waals surface area contributed by atoms with Gasteiger partial charge in [-0.3, -0.25) is 9.69 Å². The number of carbonyl (C=O) groups excluding carboxylic acids is 1. The van der Waals surface area contributed by atoms with Crippen molar-refractivity contribution in [3.8, 4) is 0 Å². The average Bonchev–Trinajstić information content (AvgIpc) is 2.79. The first-order valence-electron chi connectivity index (χ1n) is 10.1. The Morgan fingerprint density at radius 2 is 1.68 bits per heavy atom. The summed E-state index contributed by atoms with van der Waals surface area (Å²) in [6, 6.07) is 16.6. The fraction of sp³-hybridized carbons (Fsp3) is 0.273.